The van der Waals surface area contributed by atoms with Crippen LogP contribution in [0.3, 0.4) is 0 Å². The minimum atomic E-state index is -4.72. The fourth-order valence-electron chi connectivity index (χ4n) is 1.05. The molecule has 0 amide bonds. The molecule has 0 aliphatic heterocycles. The zero-order valence-electron chi connectivity index (χ0n) is 9.13. The maximum Gasteiger partial charge on any atom is 0.573 e. The summed E-state index contributed by atoms with van der Waals surface area (Å²) in [4.78, 5) is 0. The van der Waals surface area contributed by atoms with Crippen LogP contribution in [0.15, 0.2) is 24.3 Å². The molecule has 0 saturated carbocycles. The van der Waals surface area contributed by atoms with Gasteiger partial charge in [0.05, 0.1) is 6.61 Å². The van der Waals surface area contributed by atoms with Gasteiger partial charge in [0.2, 0.25) is 0 Å². The summed E-state index contributed by atoms with van der Waals surface area (Å²) in [5.74, 6) is 0.140. The molecule has 0 aliphatic carbocycles. The average molecular weight is 269 g/mol. The maximum atomic E-state index is 12.1. The van der Waals surface area contributed by atoms with Crippen molar-refractivity contribution in [1.29, 1.82) is 0 Å². The van der Waals surface area contributed by atoms with Crippen molar-refractivity contribution in [1.82, 2.24) is 0 Å². The summed E-state index contributed by atoms with van der Waals surface area (Å²) in [6.45, 7) is 2.07. The highest BCUT2D eigenvalue weighted by Gasteiger charge is 2.32. The molecule has 1 atom stereocenters. The second-order valence-corrected chi connectivity index (χ2v) is 3.87. The highest BCUT2D eigenvalue weighted by molar-refractivity contribution is 6.18. The van der Waals surface area contributed by atoms with Gasteiger partial charge >= 0.3 is 6.36 Å². The predicted octanol–water partition coefficient (Wildman–Crippen LogP) is 3.84. The second kappa shape index (κ2) is 6.00. The van der Waals surface area contributed by atoms with Gasteiger partial charge in [-0.05, 0) is 12.1 Å². The second-order valence-electron chi connectivity index (χ2n) is 3.57. The number of benzene rings is 1. The van der Waals surface area contributed by atoms with Crippen molar-refractivity contribution >= 4 is 11.6 Å². The topological polar surface area (TPSA) is 18.5 Å². The van der Waals surface area contributed by atoms with Crippen LogP contribution in [0.1, 0.15) is 6.92 Å². The zero-order valence-corrected chi connectivity index (χ0v) is 9.89. The van der Waals surface area contributed by atoms with E-state index >= 15 is 0 Å². The van der Waals surface area contributed by atoms with Crippen LogP contribution in [0.4, 0.5) is 13.2 Å². The summed E-state index contributed by atoms with van der Waals surface area (Å²) in [6.07, 6.45) is -4.72. The smallest absolute Gasteiger partial charge is 0.489 e. The van der Waals surface area contributed by atoms with Crippen LogP contribution in [-0.4, -0.2) is 18.8 Å². The molecule has 0 bridgehead atoms. The summed E-state index contributed by atoms with van der Waals surface area (Å²) in [7, 11) is 0. The Morgan fingerprint density at radius 3 is 2.35 bits per heavy atom. The van der Waals surface area contributed by atoms with E-state index in [-0.39, 0.29) is 24.0 Å². The minimum Gasteiger partial charge on any atom is -0.489 e. The summed E-state index contributed by atoms with van der Waals surface area (Å²) < 4.78 is 45.3. The van der Waals surface area contributed by atoms with E-state index in [4.69, 9.17) is 16.3 Å². The number of alkyl halides is 4. The molecule has 0 aliphatic rings. The third-order valence-corrected chi connectivity index (χ3v) is 2.39. The molecule has 1 unspecified atom stereocenters. The molecule has 0 heterocycles. The van der Waals surface area contributed by atoms with Crippen LogP contribution in [0.25, 0.3) is 0 Å². The van der Waals surface area contributed by atoms with Crippen molar-refractivity contribution in [2.24, 2.45) is 5.92 Å². The van der Waals surface area contributed by atoms with Crippen molar-refractivity contribution in [2.45, 2.75) is 13.3 Å². The van der Waals surface area contributed by atoms with E-state index in [0.717, 1.165) is 0 Å². The number of rotatable bonds is 5. The minimum absolute atomic E-state index is 0.0515. The molecular formula is C11H12ClF3O2. The van der Waals surface area contributed by atoms with E-state index < -0.39 is 6.36 Å². The van der Waals surface area contributed by atoms with Gasteiger partial charge in [-0.1, -0.05) is 19.1 Å². The van der Waals surface area contributed by atoms with Crippen LogP contribution >= 0.6 is 11.6 Å². The molecule has 2 nitrogen and oxygen atoms in total. The van der Waals surface area contributed by atoms with E-state index in [1.165, 1.54) is 18.2 Å². The molecule has 1 rings (SSSR count). The fourth-order valence-corrected chi connectivity index (χ4v) is 1.14. The average Bonchev–Trinajstić information content (AvgIpc) is 2.25. The van der Waals surface area contributed by atoms with Gasteiger partial charge in [0, 0.05) is 11.8 Å². The largest absolute Gasteiger partial charge is 0.573 e. The van der Waals surface area contributed by atoms with Crippen LogP contribution in [0, 0.1) is 5.92 Å². The van der Waals surface area contributed by atoms with E-state index in [1.54, 1.807) is 6.07 Å². The lowest BCUT2D eigenvalue weighted by Crippen LogP contribution is -2.18. The van der Waals surface area contributed by atoms with Gasteiger partial charge in [-0.25, -0.2) is 0 Å². The van der Waals surface area contributed by atoms with E-state index in [1.807, 2.05) is 6.92 Å². The van der Waals surface area contributed by atoms with Gasteiger partial charge in [0.25, 0.3) is 0 Å². The number of ether oxygens (including phenoxy) is 2. The van der Waals surface area contributed by atoms with Gasteiger partial charge < -0.3 is 9.47 Å². The molecule has 0 fully saturated rings. The van der Waals surface area contributed by atoms with Gasteiger partial charge in [-0.2, -0.15) is 0 Å². The van der Waals surface area contributed by atoms with Crippen molar-refractivity contribution in [3.05, 3.63) is 24.3 Å². The first kappa shape index (κ1) is 14.0. The third kappa shape index (κ3) is 5.17. The Labute approximate surface area is 102 Å². The lowest BCUT2D eigenvalue weighted by Gasteiger charge is -2.15. The Morgan fingerprint density at radius 1 is 1.24 bits per heavy atom. The number of para-hydroxylation sites is 2. The predicted molar refractivity (Wildman–Crippen MR) is 58.5 cm³/mol. The van der Waals surface area contributed by atoms with Crippen molar-refractivity contribution in [3.63, 3.8) is 0 Å². The molecule has 1 aromatic carbocycles. The number of halogens is 4. The van der Waals surface area contributed by atoms with Gasteiger partial charge in [0.15, 0.2) is 11.5 Å². The van der Waals surface area contributed by atoms with Crippen LogP contribution in [0.2, 0.25) is 0 Å². The Hall–Kier alpha value is -1.10. The van der Waals surface area contributed by atoms with E-state index in [0.29, 0.717) is 5.88 Å². The normalized spacial score (nSPS) is 13.2. The Balaban J connectivity index is 2.71. The van der Waals surface area contributed by atoms with Gasteiger partial charge in [0.1, 0.15) is 0 Å². The van der Waals surface area contributed by atoms with E-state index in [2.05, 4.69) is 4.74 Å². The Bertz CT molecular complexity index is 355. The Kier molecular flexibility index (Phi) is 4.93. The fraction of sp³-hybridized carbons (Fsp3) is 0.455. The molecule has 0 spiro atoms. The lowest BCUT2D eigenvalue weighted by atomic mass is 10.2. The number of hydrogen-bond acceptors (Lipinski definition) is 2. The molecule has 0 N–H and O–H groups in total. The van der Waals surface area contributed by atoms with Crippen LogP contribution in [-0.2, 0) is 0 Å². The molecule has 0 aromatic heterocycles. The highest BCUT2D eigenvalue weighted by atomic mass is 35.5. The van der Waals surface area contributed by atoms with Gasteiger partial charge in [-0.15, -0.1) is 24.8 Å². The molecule has 0 radical (unpaired) electrons. The molecule has 6 heteroatoms. The lowest BCUT2D eigenvalue weighted by molar-refractivity contribution is -0.275. The Morgan fingerprint density at radius 2 is 1.82 bits per heavy atom. The van der Waals surface area contributed by atoms with Crippen LogP contribution in [0.5, 0.6) is 11.5 Å². The van der Waals surface area contributed by atoms with Crippen molar-refractivity contribution in [2.75, 3.05) is 12.5 Å². The van der Waals surface area contributed by atoms with Crippen LogP contribution < -0.4 is 9.47 Å². The first-order valence-corrected chi connectivity index (χ1v) is 5.49. The van der Waals surface area contributed by atoms with Crippen molar-refractivity contribution in [3.8, 4) is 11.5 Å². The number of hydrogen-bond donors (Lipinski definition) is 0. The molecule has 0 saturated heterocycles. The first-order valence-electron chi connectivity index (χ1n) is 4.96. The summed E-state index contributed by atoms with van der Waals surface area (Å²) >= 11 is 5.57. The van der Waals surface area contributed by atoms with Crippen molar-refractivity contribution < 1.29 is 22.6 Å². The summed E-state index contributed by atoms with van der Waals surface area (Å²) in [5.41, 5.74) is 0. The maximum absolute atomic E-state index is 12.1. The first-order chi connectivity index (χ1) is 7.92. The highest BCUT2D eigenvalue weighted by Crippen LogP contribution is 2.31. The monoisotopic (exact) mass is 268 g/mol. The summed E-state index contributed by atoms with van der Waals surface area (Å²) in [5, 5.41) is 0. The quantitative estimate of drug-likeness (QED) is 0.756. The molecule has 96 valence electrons. The molecule has 17 heavy (non-hydrogen) atoms. The van der Waals surface area contributed by atoms with E-state index in [9.17, 15) is 13.2 Å². The molecular weight excluding hydrogens is 257 g/mol. The standard InChI is InChI=1S/C11H12ClF3O2/c1-8(6-12)7-16-9-4-2-3-5-10(9)17-11(13,14)15/h2-5,8H,6-7H2,1H3. The SMILES string of the molecule is CC(CCl)COc1ccccc1OC(F)(F)F. The summed E-state index contributed by atoms with van der Waals surface area (Å²) in [6, 6.07) is 5.64. The molecule has 1 aromatic rings. The zero-order chi connectivity index (χ0) is 12.9. The van der Waals surface area contributed by atoms with Gasteiger partial charge in [-0.3, -0.25) is 0 Å². The third-order valence-electron chi connectivity index (χ3n) is 1.86.